The van der Waals surface area contributed by atoms with Crippen LogP contribution in [0, 0.1) is 0 Å². The van der Waals surface area contributed by atoms with Crippen LogP contribution in [0.15, 0.2) is 28.7 Å². The van der Waals surface area contributed by atoms with Gasteiger partial charge in [0.2, 0.25) is 5.91 Å². The highest BCUT2D eigenvalue weighted by Crippen LogP contribution is 2.22. The molecule has 1 aliphatic heterocycles. The van der Waals surface area contributed by atoms with E-state index in [9.17, 15) is 9.59 Å². The van der Waals surface area contributed by atoms with Crippen LogP contribution in [0.3, 0.4) is 0 Å². The molecule has 0 saturated carbocycles. The average molecular weight is 325 g/mol. The lowest BCUT2D eigenvalue weighted by molar-refractivity contribution is -0.119. The normalized spacial score (nSPS) is 19.2. The van der Waals surface area contributed by atoms with Gasteiger partial charge in [0.1, 0.15) is 0 Å². The fraction of sp³-hybridized carbons (Fsp3) is 0.429. The number of likely N-dealkylation sites (tertiary alicyclic amines) is 1. The molecule has 1 saturated heterocycles. The minimum Gasteiger partial charge on any atom is -0.370 e. The molecule has 2 amide bonds. The number of carbonyl (C=O) groups excluding carboxylic acids is 2. The second kappa shape index (κ2) is 6.19. The van der Waals surface area contributed by atoms with Gasteiger partial charge in [-0.15, -0.1) is 0 Å². The minimum atomic E-state index is -0.347. The van der Waals surface area contributed by atoms with Crippen LogP contribution >= 0.6 is 15.9 Å². The van der Waals surface area contributed by atoms with Crippen molar-refractivity contribution in [1.29, 1.82) is 0 Å². The number of hydrogen-bond acceptors (Lipinski definition) is 2. The Kier molecular flexibility index (Phi) is 4.58. The van der Waals surface area contributed by atoms with E-state index < -0.39 is 0 Å². The van der Waals surface area contributed by atoms with Gasteiger partial charge in [-0.05, 0) is 43.5 Å². The van der Waals surface area contributed by atoms with Gasteiger partial charge >= 0.3 is 0 Å². The van der Waals surface area contributed by atoms with Gasteiger partial charge in [0.05, 0.1) is 0 Å². The van der Waals surface area contributed by atoms with E-state index in [1.807, 2.05) is 12.1 Å². The molecule has 0 unspecified atom stereocenters. The zero-order chi connectivity index (χ0) is 13.8. The molecule has 1 atom stereocenters. The molecule has 1 aromatic carbocycles. The molecule has 0 aliphatic carbocycles. The Morgan fingerprint density at radius 3 is 2.58 bits per heavy atom. The number of nitrogens with zero attached hydrogens (tertiary/aromatic N) is 1. The number of halogens is 1. The summed E-state index contributed by atoms with van der Waals surface area (Å²) < 4.78 is 0.941. The molecule has 19 heavy (non-hydrogen) atoms. The maximum atomic E-state index is 12.5. The third-order valence-corrected chi connectivity index (χ3v) is 3.94. The molecule has 0 bridgehead atoms. The average Bonchev–Trinajstić information content (AvgIpc) is 2.39. The van der Waals surface area contributed by atoms with E-state index in [0.29, 0.717) is 12.1 Å². The number of nitrogens with two attached hydrogens (primary N) is 1. The van der Waals surface area contributed by atoms with Crippen LogP contribution < -0.4 is 5.73 Å². The fourth-order valence-electron chi connectivity index (χ4n) is 2.47. The summed E-state index contributed by atoms with van der Waals surface area (Å²) in [4.78, 5) is 25.3. The molecule has 2 N–H and O–H groups in total. The summed E-state index contributed by atoms with van der Waals surface area (Å²) in [5, 5.41) is 0. The number of rotatable bonds is 3. The molecule has 2 rings (SSSR count). The molecular formula is C14H17BrN2O2. The first-order chi connectivity index (χ1) is 9.08. The second-order valence-electron chi connectivity index (χ2n) is 4.83. The summed E-state index contributed by atoms with van der Waals surface area (Å²) in [6.07, 6.45) is 3.13. The number of benzene rings is 1. The Hall–Kier alpha value is -1.36. The quantitative estimate of drug-likeness (QED) is 0.927. The Balaban J connectivity index is 2.15. The van der Waals surface area contributed by atoms with Crippen LogP contribution in [0.5, 0.6) is 0 Å². The van der Waals surface area contributed by atoms with E-state index in [1.54, 1.807) is 17.0 Å². The molecule has 1 aliphatic rings. The highest BCUT2D eigenvalue weighted by atomic mass is 79.9. The predicted octanol–water partition coefficient (Wildman–Crippen LogP) is 2.32. The summed E-state index contributed by atoms with van der Waals surface area (Å²) in [6, 6.07) is 7.23. The second-order valence-corrected chi connectivity index (χ2v) is 5.74. The van der Waals surface area contributed by atoms with E-state index >= 15 is 0 Å². The fourth-order valence-corrected chi connectivity index (χ4v) is 2.73. The number of primary amides is 1. The number of hydrogen-bond donors (Lipinski definition) is 1. The largest absolute Gasteiger partial charge is 0.370 e. The lowest BCUT2D eigenvalue weighted by Gasteiger charge is -2.35. The van der Waals surface area contributed by atoms with Crippen molar-refractivity contribution in [2.24, 2.45) is 5.73 Å². The van der Waals surface area contributed by atoms with Crippen molar-refractivity contribution in [1.82, 2.24) is 4.90 Å². The van der Waals surface area contributed by atoms with E-state index in [0.717, 1.165) is 23.7 Å². The molecule has 0 aromatic heterocycles. The van der Waals surface area contributed by atoms with E-state index in [4.69, 9.17) is 5.73 Å². The van der Waals surface area contributed by atoms with E-state index in [-0.39, 0.29) is 24.3 Å². The van der Waals surface area contributed by atoms with Gasteiger partial charge in [0.15, 0.2) is 0 Å². The number of carbonyl (C=O) groups is 2. The lowest BCUT2D eigenvalue weighted by atomic mass is 9.98. The third kappa shape index (κ3) is 3.56. The molecule has 1 fully saturated rings. The van der Waals surface area contributed by atoms with Crippen molar-refractivity contribution >= 4 is 27.7 Å². The van der Waals surface area contributed by atoms with Crippen LogP contribution in [0.4, 0.5) is 0 Å². The Morgan fingerprint density at radius 2 is 1.95 bits per heavy atom. The van der Waals surface area contributed by atoms with Crippen molar-refractivity contribution in [3.05, 3.63) is 34.3 Å². The number of piperidine rings is 1. The Bertz CT molecular complexity index is 473. The van der Waals surface area contributed by atoms with Crippen molar-refractivity contribution in [3.8, 4) is 0 Å². The van der Waals surface area contributed by atoms with Crippen LogP contribution in [0.2, 0.25) is 0 Å². The molecule has 4 nitrogen and oxygen atoms in total. The van der Waals surface area contributed by atoms with Gasteiger partial charge in [-0.3, -0.25) is 9.59 Å². The summed E-state index contributed by atoms with van der Waals surface area (Å²) in [7, 11) is 0. The van der Waals surface area contributed by atoms with Gasteiger partial charge in [-0.25, -0.2) is 0 Å². The van der Waals surface area contributed by atoms with Gasteiger partial charge in [0, 0.05) is 29.0 Å². The van der Waals surface area contributed by atoms with Crippen LogP contribution in [-0.4, -0.2) is 29.3 Å². The van der Waals surface area contributed by atoms with Gasteiger partial charge in [-0.2, -0.15) is 0 Å². The monoisotopic (exact) mass is 324 g/mol. The zero-order valence-corrected chi connectivity index (χ0v) is 12.2. The topological polar surface area (TPSA) is 63.4 Å². The molecule has 0 spiro atoms. The van der Waals surface area contributed by atoms with E-state index in [2.05, 4.69) is 15.9 Å². The first-order valence-corrected chi connectivity index (χ1v) is 7.22. The zero-order valence-electron chi connectivity index (χ0n) is 10.6. The Morgan fingerprint density at radius 1 is 1.26 bits per heavy atom. The van der Waals surface area contributed by atoms with Crippen molar-refractivity contribution < 1.29 is 9.59 Å². The molecule has 0 radical (unpaired) electrons. The highest BCUT2D eigenvalue weighted by Gasteiger charge is 2.28. The molecular weight excluding hydrogens is 308 g/mol. The minimum absolute atomic E-state index is 0.0153. The molecule has 1 aromatic rings. The third-order valence-electron chi connectivity index (χ3n) is 3.42. The van der Waals surface area contributed by atoms with Crippen LogP contribution in [0.1, 0.15) is 36.0 Å². The van der Waals surface area contributed by atoms with Gasteiger partial charge in [0.25, 0.3) is 5.91 Å². The SMILES string of the molecule is NC(=O)C[C@@H]1CCCCN1C(=O)c1ccc(Br)cc1. The van der Waals surface area contributed by atoms with Gasteiger partial charge < -0.3 is 10.6 Å². The first kappa shape index (κ1) is 14.1. The maximum Gasteiger partial charge on any atom is 0.254 e. The van der Waals surface area contributed by atoms with Crippen molar-refractivity contribution in [2.75, 3.05) is 6.54 Å². The summed E-state index contributed by atoms with van der Waals surface area (Å²) in [5.41, 5.74) is 5.91. The smallest absolute Gasteiger partial charge is 0.254 e. The number of amides is 2. The maximum absolute atomic E-state index is 12.5. The van der Waals surface area contributed by atoms with Gasteiger partial charge in [-0.1, -0.05) is 15.9 Å². The summed E-state index contributed by atoms with van der Waals surface area (Å²) in [6.45, 7) is 0.701. The summed E-state index contributed by atoms with van der Waals surface area (Å²) >= 11 is 3.35. The standard InChI is InChI=1S/C14H17BrN2O2/c15-11-6-4-10(5-7-11)14(19)17-8-2-1-3-12(17)9-13(16)18/h4-7,12H,1-3,8-9H2,(H2,16,18)/t12-/m0/s1. The predicted molar refractivity (Wildman–Crippen MR) is 76.6 cm³/mol. The van der Waals surface area contributed by atoms with Crippen LogP contribution in [-0.2, 0) is 4.79 Å². The molecule has 1 heterocycles. The van der Waals surface area contributed by atoms with Crippen molar-refractivity contribution in [2.45, 2.75) is 31.7 Å². The Labute approximate surface area is 121 Å². The van der Waals surface area contributed by atoms with Crippen molar-refractivity contribution in [3.63, 3.8) is 0 Å². The molecule has 102 valence electrons. The first-order valence-electron chi connectivity index (χ1n) is 6.43. The lowest BCUT2D eigenvalue weighted by Crippen LogP contribution is -2.45. The van der Waals surface area contributed by atoms with E-state index in [1.165, 1.54) is 0 Å². The highest BCUT2D eigenvalue weighted by molar-refractivity contribution is 9.10. The summed E-state index contributed by atoms with van der Waals surface area (Å²) in [5.74, 6) is -0.362. The molecule has 5 heteroatoms. The van der Waals surface area contributed by atoms with Crippen LogP contribution in [0.25, 0.3) is 0 Å².